The SMILES string of the molecule is Cc1ccc(S(=O)(=O)O[C@@H]2CCCC[C@@H]2Br)cc1. The standard InChI is InChI=1S/C13H17BrO3S/c1-10-6-8-11(9-7-10)18(15,16)17-13-5-3-2-4-12(13)14/h6-9,12-13H,2-5H2,1H3/t12-,13+/m0/s1. The molecule has 0 saturated heterocycles. The fourth-order valence-corrected chi connectivity index (χ4v) is 4.06. The molecular weight excluding hydrogens is 316 g/mol. The summed E-state index contributed by atoms with van der Waals surface area (Å²) in [5.41, 5.74) is 1.03. The van der Waals surface area contributed by atoms with E-state index in [-0.39, 0.29) is 15.8 Å². The molecule has 1 aliphatic carbocycles. The Balaban J connectivity index is 2.13. The summed E-state index contributed by atoms with van der Waals surface area (Å²) in [6.07, 6.45) is 3.66. The summed E-state index contributed by atoms with van der Waals surface area (Å²) in [5.74, 6) is 0. The lowest BCUT2D eigenvalue weighted by Gasteiger charge is -2.26. The molecule has 18 heavy (non-hydrogen) atoms. The highest BCUT2D eigenvalue weighted by Gasteiger charge is 2.29. The van der Waals surface area contributed by atoms with Crippen molar-refractivity contribution in [3.8, 4) is 0 Å². The van der Waals surface area contributed by atoms with E-state index in [1.807, 2.05) is 6.92 Å². The van der Waals surface area contributed by atoms with Crippen LogP contribution < -0.4 is 0 Å². The first kappa shape index (κ1) is 14.0. The molecule has 3 nitrogen and oxygen atoms in total. The minimum atomic E-state index is -3.64. The second-order valence-corrected chi connectivity index (χ2v) is 7.45. The van der Waals surface area contributed by atoms with Gasteiger partial charge in [0, 0.05) is 4.83 Å². The molecular formula is C13H17BrO3S. The van der Waals surface area contributed by atoms with Gasteiger partial charge in [0.05, 0.1) is 11.0 Å². The van der Waals surface area contributed by atoms with Crippen LogP contribution in [0.4, 0.5) is 0 Å². The van der Waals surface area contributed by atoms with Crippen LogP contribution in [0.1, 0.15) is 31.2 Å². The fraction of sp³-hybridized carbons (Fsp3) is 0.538. The van der Waals surface area contributed by atoms with Crippen LogP contribution in [-0.4, -0.2) is 19.3 Å². The van der Waals surface area contributed by atoms with Crippen molar-refractivity contribution in [2.75, 3.05) is 0 Å². The molecule has 1 aromatic rings. The molecule has 0 heterocycles. The highest BCUT2D eigenvalue weighted by Crippen LogP contribution is 2.29. The number of halogens is 1. The van der Waals surface area contributed by atoms with Crippen molar-refractivity contribution in [1.29, 1.82) is 0 Å². The van der Waals surface area contributed by atoms with Crippen molar-refractivity contribution in [3.05, 3.63) is 29.8 Å². The van der Waals surface area contributed by atoms with Gasteiger partial charge in [0.15, 0.2) is 0 Å². The maximum Gasteiger partial charge on any atom is 0.297 e. The van der Waals surface area contributed by atoms with Crippen LogP contribution in [0.3, 0.4) is 0 Å². The van der Waals surface area contributed by atoms with Gasteiger partial charge in [-0.25, -0.2) is 0 Å². The number of rotatable bonds is 3. The van der Waals surface area contributed by atoms with E-state index in [1.54, 1.807) is 24.3 Å². The molecule has 0 aliphatic heterocycles. The number of hydrogen-bond acceptors (Lipinski definition) is 3. The maximum atomic E-state index is 12.1. The Morgan fingerprint density at radius 2 is 1.78 bits per heavy atom. The largest absolute Gasteiger partial charge is 0.297 e. The highest BCUT2D eigenvalue weighted by molar-refractivity contribution is 9.09. The molecule has 1 fully saturated rings. The maximum absolute atomic E-state index is 12.1. The summed E-state index contributed by atoms with van der Waals surface area (Å²) in [5, 5.41) is 0. The van der Waals surface area contributed by atoms with E-state index in [2.05, 4.69) is 15.9 Å². The Morgan fingerprint density at radius 3 is 2.39 bits per heavy atom. The highest BCUT2D eigenvalue weighted by atomic mass is 79.9. The molecule has 0 unspecified atom stereocenters. The van der Waals surface area contributed by atoms with Crippen molar-refractivity contribution in [2.45, 2.75) is 48.4 Å². The van der Waals surface area contributed by atoms with E-state index in [1.165, 1.54) is 0 Å². The van der Waals surface area contributed by atoms with Gasteiger partial charge in [0.1, 0.15) is 0 Å². The van der Waals surface area contributed by atoms with Gasteiger partial charge >= 0.3 is 0 Å². The third-order valence-electron chi connectivity index (χ3n) is 3.18. The number of benzene rings is 1. The molecule has 5 heteroatoms. The van der Waals surface area contributed by atoms with E-state index in [0.29, 0.717) is 0 Å². The Labute approximate surface area is 117 Å². The first-order valence-electron chi connectivity index (χ1n) is 6.13. The fourth-order valence-electron chi connectivity index (χ4n) is 2.08. The minimum Gasteiger partial charge on any atom is -0.262 e. The molecule has 0 radical (unpaired) electrons. The lowest BCUT2D eigenvalue weighted by molar-refractivity contribution is 0.171. The molecule has 2 rings (SSSR count). The van der Waals surface area contributed by atoms with Gasteiger partial charge in [-0.3, -0.25) is 4.18 Å². The summed E-state index contributed by atoms with van der Waals surface area (Å²) in [4.78, 5) is 0.366. The van der Waals surface area contributed by atoms with E-state index >= 15 is 0 Å². The molecule has 1 aromatic carbocycles. The van der Waals surface area contributed by atoms with E-state index in [9.17, 15) is 8.42 Å². The Bertz CT molecular complexity index is 495. The molecule has 0 aromatic heterocycles. The zero-order valence-electron chi connectivity index (χ0n) is 10.3. The number of alkyl halides is 1. The van der Waals surface area contributed by atoms with E-state index < -0.39 is 10.1 Å². The monoisotopic (exact) mass is 332 g/mol. The van der Waals surface area contributed by atoms with Gasteiger partial charge < -0.3 is 0 Å². The van der Waals surface area contributed by atoms with E-state index in [0.717, 1.165) is 31.2 Å². The van der Waals surface area contributed by atoms with Gasteiger partial charge in [-0.1, -0.05) is 46.5 Å². The Kier molecular flexibility index (Phi) is 4.45. The van der Waals surface area contributed by atoms with Crippen molar-refractivity contribution in [3.63, 3.8) is 0 Å². The van der Waals surface area contributed by atoms with Crippen LogP contribution in [0.5, 0.6) is 0 Å². The molecule has 0 spiro atoms. The molecule has 1 aliphatic rings. The smallest absolute Gasteiger partial charge is 0.262 e. The van der Waals surface area contributed by atoms with Crippen LogP contribution in [0.2, 0.25) is 0 Å². The van der Waals surface area contributed by atoms with Crippen LogP contribution in [0.15, 0.2) is 29.2 Å². The van der Waals surface area contributed by atoms with Crippen molar-refractivity contribution in [2.24, 2.45) is 0 Å². The molecule has 100 valence electrons. The molecule has 0 amide bonds. The van der Waals surface area contributed by atoms with Gasteiger partial charge in [-0.2, -0.15) is 8.42 Å². The van der Waals surface area contributed by atoms with Gasteiger partial charge in [0.2, 0.25) is 0 Å². The molecule has 2 atom stereocenters. The summed E-state index contributed by atoms with van der Waals surface area (Å²) in [6.45, 7) is 1.92. The normalized spacial score (nSPS) is 25.0. The predicted molar refractivity (Wildman–Crippen MR) is 74.4 cm³/mol. The lowest BCUT2D eigenvalue weighted by atomic mass is 9.98. The quantitative estimate of drug-likeness (QED) is 0.629. The predicted octanol–water partition coefficient (Wildman–Crippen LogP) is 3.41. The van der Waals surface area contributed by atoms with Crippen LogP contribution >= 0.6 is 15.9 Å². The number of aryl methyl sites for hydroxylation is 1. The average Bonchev–Trinajstić information content (AvgIpc) is 2.32. The summed E-state index contributed by atoms with van der Waals surface area (Å²) in [6, 6.07) is 6.75. The first-order chi connectivity index (χ1) is 8.49. The van der Waals surface area contributed by atoms with Gasteiger partial charge in [-0.15, -0.1) is 0 Å². The Morgan fingerprint density at radius 1 is 1.17 bits per heavy atom. The van der Waals surface area contributed by atoms with Crippen LogP contribution in [0.25, 0.3) is 0 Å². The van der Waals surface area contributed by atoms with E-state index in [4.69, 9.17) is 4.18 Å². The summed E-state index contributed by atoms with van der Waals surface area (Å²) >= 11 is 3.50. The second kappa shape index (κ2) is 5.72. The minimum absolute atomic E-state index is 0.131. The molecule has 0 N–H and O–H groups in total. The van der Waals surface area contributed by atoms with Gasteiger partial charge in [0.25, 0.3) is 10.1 Å². The number of hydrogen-bond donors (Lipinski definition) is 0. The van der Waals surface area contributed by atoms with Crippen LogP contribution in [0, 0.1) is 6.92 Å². The van der Waals surface area contributed by atoms with Crippen LogP contribution in [-0.2, 0) is 14.3 Å². The summed E-state index contributed by atoms with van der Waals surface area (Å²) in [7, 11) is -3.64. The van der Waals surface area contributed by atoms with Crippen molar-refractivity contribution >= 4 is 26.0 Å². The topological polar surface area (TPSA) is 43.4 Å². The molecule has 0 bridgehead atoms. The third-order valence-corrected chi connectivity index (χ3v) is 5.58. The third kappa shape index (κ3) is 3.33. The Hall–Kier alpha value is -0.390. The second-order valence-electron chi connectivity index (χ2n) is 4.70. The molecule has 1 saturated carbocycles. The lowest BCUT2D eigenvalue weighted by Crippen LogP contribution is -2.30. The average molecular weight is 333 g/mol. The zero-order chi connectivity index (χ0) is 13.2. The van der Waals surface area contributed by atoms with Crippen molar-refractivity contribution < 1.29 is 12.6 Å². The van der Waals surface area contributed by atoms with Gasteiger partial charge in [-0.05, 0) is 31.9 Å². The summed E-state index contributed by atoms with van der Waals surface area (Å²) < 4.78 is 29.6. The van der Waals surface area contributed by atoms with Crippen molar-refractivity contribution in [1.82, 2.24) is 0 Å². The zero-order valence-corrected chi connectivity index (χ0v) is 12.7. The first-order valence-corrected chi connectivity index (χ1v) is 8.45.